The Morgan fingerprint density at radius 1 is 1.16 bits per heavy atom. The molecule has 1 fully saturated rings. The Bertz CT molecular complexity index is 970. The third-order valence-electron chi connectivity index (χ3n) is 6.26. The number of carbonyl (C=O) groups is 1. The molecule has 1 aliphatic heterocycles. The molecule has 4 rings (SSSR count). The van der Waals surface area contributed by atoms with Gasteiger partial charge in [-0.1, -0.05) is 12.1 Å². The van der Waals surface area contributed by atoms with E-state index in [9.17, 15) is 18.0 Å². The monoisotopic (exact) mass is 464 g/mol. The molecule has 1 N–H and O–H groups in total. The number of halogens is 3. The van der Waals surface area contributed by atoms with Crippen LogP contribution in [0.1, 0.15) is 34.3 Å². The largest absolute Gasteiger partial charge is 0.497 e. The van der Waals surface area contributed by atoms with Gasteiger partial charge in [-0.2, -0.15) is 13.2 Å². The summed E-state index contributed by atoms with van der Waals surface area (Å²) in [5, 5.41) is 3.64. The van der Waals surface area contributed by atoms with Gasteiger partial charge in [-0.25, -0.2) is 0 Å². The first-order chi connectivity index (χ1) is 15.2. The van der Waals surface area contributed by atoms with Crippen LogP contribution >= 0.6 is 11.8 Å². The van der Waals surface area contributed by atoms with Gasteiger partial charge in [0.1, 0.15) is 5.75 Å². The van der Waals surface area contributed by atoms with Crippen molar-refractivity contribution in [2.45, 2.75) is 42.1 Å². The second-order valence-electron chi connectivity index (χ2n) is 8.58. The third kappa shape index (κ3) is 5.41. The lowest BCUT2D eigenvalue weighted by molar-refractivity contribution is -0.0328. The summed E-state index contributed by atoms with van der Waals surface area (Å²) in [5.74, 6) is 0.497. The van der Waals surface area contributed by atoms with Crippen molar-refractivity contribution >= 4 is 23.2 Å². The quantitative estimate of drug-likeness (QED) is 0.579. The van der Waals surface area contributed by atoms with Gasteiger partial charge in [0, 0.05) is 34.2 Å². The molecule has 172 valence electrons. The number of nitrogens with zero attached hydrogens (tertiary/aromatic N) is 1. The molecule has 4 nitrogen and oxygen atoms in total. The van der Waals surface area contributed by atoms with Crippen LogP contribution in [-0.4, -0.2) is 49.5 Å². The van der Waals surface area contributed by atoms with Gasteiger partial charge in [-0.15, -0.1) is 0 Å². The number of alkyl halides is 3. The van der Waals surface area contributed by atoms with Crippen molar-refractivity contribution in [3.8, 4) is 5.75 Å². The Kier molecular flexibility index (Phi) is 6.72. The lowest BCUT2D eigenvalue weighted by Gasteiger charge is -2.30. The lowest BCUT2D eigenvalue weighted by Crippen LogP contribution is -2.36. The number of hydrogen-bond donors (Lipinski definition) is 1. The van der Waals surface area contributed by atoms with E-state index in [-0.39, 0.29) is 28.4 Å². The molecule has 2 aliphatic rings. The van der Waals surface area contributed by atoms with Crippen molar-refractivity contribution in [3.63, 3.8) is 0 Å². The highest BCUT2D eigenvalue weighted by Crippen LogP contribution is 2.39. The number of hydrogen-bond acceptors (Lipinski definition) is 5. The highest BCUT2D eigenvalue weighted by molar-refractivity contribution is 8.00. The Hall–Kier alpha value is -2.19. The van der Waals surface area contributed by atoms with E-state index in [1.807, 2.05) is 6.07 Å². The maximum Gasteiger partial charge on any atom is 0.446 e. The first-order valence-corrected chi connectivity index (χ1v) is 11.6. The number of rotatable bonds is 6. The van der Waals surface area contributed by atoms with Crippen LogP contribution in [0.4, 0.5) is 18.9 Å². The van der Waals surface area contributed by atoms with Gasteiger partial charge in [-0.3, -0.25) is 4.79 Å². The molecule has 0 bridgehead atoms. The minimum Gasteiger partial charge on any atom is -0.497 e. The fraction of sp³-hybridized carbons (Fsp3) is 0.458. The van der Waals surface area contributed by atoms with E-state index in [2.05, 4.69) is 17.3 Å². The summed E-state index contributed by atoms with van der Waals surface area (Å²) in [6.45, 7) is 2.07. The summed E-state index contributed by atoms with van der Waals surface area (Å²) >= 11 is -0.127. The molecule has 1 atom stereocenters. The fourth-order valence-corrected chi connectivity index (χ4v) is 5.08. The van der Waals surface area contributed by atoms with Gasteiger partial charge in [0.25, 0.3) is 0 Å². The van der Waals surface area contributed by atoms with Gasteiger partial charge in [0.15, 0.2) is 5.78 Å². The van der Waals surface area contributed by atoms with Gasteiger partial charge in [0.2, 0.25) is 0 Å². The number of ether oxygens (including phenoxy) is 1. The number of benzene rings is 2. The molecule has 2 aromatic carbocycles. The van der Waals surface area contributed by atoms with Crippen molar-refractivity contribution in [1.82, 2.24) is 4.90 Å². The highest BCUT2D eigenvalue weighted by atomic mass is 32.2. The molecular formula is C24H27F3N2O2S. The van der Waals surface area contributed by atoms with E-state index in [1.54, 1.807) is 25.3 Å². The van der Waals surface area contributed by atoms with E-state index in [1.165, 1.54) is 12.1 Å². The molecule has 0 radical (unpaired) electrons. The Balaban J connectivity index is 1.50. The predicted octanol–water partition coefficient (Wildman–Crippen LogP) is 5.41. The standard InChI is InChI=1S/C24H27F3N2O2S/c1-29-9-7-17(8-10-29)28-22-14-18(31-2)13-21-20(22)12-16(23(21)30)11-15-3-5-19(6-4-15)32-24(25,26)27/h3-6,13-14,16-17,28H,7-12H2,1-2H3. The minimum absolute atomic E-state index is 0.0686. The topological polar surface area (TPSA) is 41.6 Å². The molecule has 32 heavy (non-hydrogen) atoms. The molecule has 0 amide bonds. The maximum atomic E-state index is 13.2. The summed E-state index contributed by atoms with van der Waals surface area (Å²) in [6, 6.07) is 10.4. The van der Waals surface area contributed by atoms with E-state index in [4.69, 9.17) is 4.74 Å². The van der Waals surface area contributed by atoms with E-state index < -0.39 is 5.51 Å². The van der Waals surface area contributed by atoms with Crippen molar-refractivity contribution < 1.29 is 22.7 Å². The number of likely N-dealkylation sites (tertiary alicyclic amines) is 1. The van der Waals surface area contributed by atoms with Crippen LogP contribution in [0.5, 0.6) is 5.75 Å². The molecule has 1 saturated heterocycles. The number of Topliss-reactive ketones (excluding diaryl/α,β-unsaturated/α-hetero) is 1. The molecule has 8 heteroatoms. The normalized spacial score (nSPS) is 19.8. The SMILES string of the molecule is COc1cc(NC2CCN(C)CC2)c2c(c1)C(=O)C(Cc1ccc(SC(F)(F)F)cc1)C2. The molecule has 0 saturated carbocycles. The number of nitrogens with one attached hydrogen (secondary N) is 1. The van der Waals surface area contributed by atoms with Gasteiger partial charge in [0.05, 0.1) is 7.11 Å². The highest BCUT2D eigenvalue weighted by Gasteiger charge is 2.34. The van der Waals surface area contributed by atoms with Crippen LogP contribution < -0.4 is 10.1 Å². The number of piperidine rings is 1. The third-order valence-corrected chi connectivity index (χ3v) is 7.00. The first kappa shape index (κ1) is 23.0. The number of ketones is 1. The van der Waals surface area contributed by atoms with Crippen LogP contribution in [-0.2, 0) is 12.8 Å². The first-order valence-electron chi connectivity index (χ1n) is 10.8. The van der Waals surface area contributed by atoms with Gasteiger partial charge < -0.3 is 15.0 Å². The van der Waals surface area contributed by atoms with Crippen molar-refractivity contribution in [2.24, 2.45) is 5.92 Å². The van der Waals surface area contributed by atoms with Crippen LogP contribution in [0.2, 0.25) is 0 Å². The summed E-state index contributed by atoms with van der Waals surface area (Å²) in [4.78, 5) is 15.6. The number of methoxy groups -OCH3 is 1. The average Bonchev–Trinajstić information content (AvgIpc) is 3.06. The van der Waals surface area contributed by atoms with Crippen molar-refractivity contribution in [2.75, 3.05) is 32.6 Å². The molecular weight excluding hydrogens is 437 g/mol. The zero-order valence-corrected chi connectivity index (χ0v) is 19.0. The van der Waals surface area contributed by atoms with E-state index in [0.29, 0.717) is 30.2 Å². The summed E-state index contributed by atoms with van der Waals surface area (Å²) < 4.78 is 43.1. The minimum atomic E-state index is -4.30. The van der Waals surface area contributed by atoms with Crippen LogP contribution in [0.25, 0.3) is 0 Å². The Morgan fingerprint density at radius 2 is 1.84 bits per heavy atom. The average molecular weight is 465 g/mol. The number of anilines is 1. The van der Waals surface area contributed by atoms with Crippen LogP contribution in [0, 0.1) is 5.92 Å². The van der Waals surface area contributed by atoms with Gasteiger partial charge in [-0.05, 0) is 86.9 Å². The number of fused-ring (bicyclic) bond motifs is 1. The van der Waals surface area contributed by atoms with Crippen LogP contribution in [0.3, 0.4) is 0 Å². The van der Waals surface area contributed by atoms with Crippen molar-refractivity contribution in [3.05, 3.63) is 53.1 Å². The van der Waals surface area contributed by atoms with Crippen molar-refractivity contribution in [1.29, 1.82) is 0 Å². The summed E-state index contributed by atoms with van der Waals surface area (Å²) in [7, 11) is 3.72. The molecule has 2 aromatic rings. The Labute approximate surface area is 190 Å². The zero-order chi connectivity index (χ0) is 22.9. The van der Waals surface area contributed by atoms with Crippen LogP contribution in [0.15, 0.2) is 41.3 Å². The summed E-state index contributed by atoms with van der Waals surface area (Å²) in [6.07, 6.45) is 3.21. The maximum absolute atomic E-state index is 13.2. The zero-order valence-electron chi connectivity index (χ0n) is 18.2. The smallest absolute Gasteiger partial charge is 0.446 e. The number of carbonyl (C=O) groups excluding carboxylic acids is 1. The number of thioether (sulfide) groups is 1. The lowest BCUT2D eigenvalue weighted by atomic mass is 9.96. The predicted molar refractivity (Wildman–Crippen MR) is 121 cm³/mol. The summed E-state index contributed by atoms with van der Waals surface area (Å²) in [5.41, 5.74) is -0.778. The molecule has 1 heterocycles. The second kappa shape index (κ2) is 9.35. The van der Waals surface area contributed by atoms with E-state index in [0.717, 1.165) is 42.7 Å². The molecule has 0 spiro atoms. The fourth-order valence-electron chi connectivity index (χ4n) is 4.54. The molecule has 1 unspecified atom stereocenters. The second-order valence-corrected chi connectivity index (χ2v) is 9.72. The van der Waals surface area contributed by atoms with Gasteiger partial charge >= 0.3 is 5.51 Å². The molecule has 0 aromatic heterocycles. The van der Waals surface area contributed by atoms with E-state index >= 15 is 0 Å². The Morgan fingerprint density at radius 3 is 2.47 bits per heavy atom. The molecule has 1 aliphatic carbocycles.